The second-order valence-electron chi connectivity index (χ2n) is 4.69. The van der Waals surface area contributed by atoms with Gasteiger partial charge in [0, 0.05) is 23.6 Å². The van der Waals surface area contributed by atoms with Crippen LogP contribution < -0.4 is 0 Å². The number of carbonyl (C=O) groups excluding carboxylic acids is 2. The lowest BCUT2D eigenvalue weighted by Gasteiger charge is -2.19. The van der Waals surface area contributed by atoms with E-state index in [-0.39, 0.29) is 25.9 Å². The van der Waals surface area contributed by atoms with E-state index in [1.165, 1.54) is 11.0 Å². The molecule has 0 spiro atoms. The van der Waals surface area contributed by atoms with Gasteiger partial charge in [-0.15, -0.1) is 0 Å². The van der Waals surface area contributed by atoms with Gasteiger partial charge in [-0.3, -0.25) is 4.79 Å². The number of halogens is 1. The number of carbonyl (C=O) groups is 2. The molecule has 0 aliphatic carbocycles. The van der Waals surface area contributed by atoms with Crippen LogP contribution in [0.2, 0.25) is 0 Å². The molecule has 24 heavy (non-hydrogen) atoms. The maximum absolute atomic E-state index is 12.0. The van der Waals surface area contributed by atoms with Gasteiger partial charge in [0.15, 0.2) is 6.61 Å². The van der Waals surface area contributed by atoms with Crippen LogP contribution in [0.4, 0.5) is 0 Å². The zero-order valence-electron chi connectivity index (χ0n) is 12.9. The van der Waals surface area contributed by atoms with Crippen molar-refractivity contribution in [2.24, 2.45) is 0 Å². The van der Waals surface area contributed by atoms with Gasteiger partial charge in [-0.2, -0.15) is 10.5 Å². The number of esters is 1. The summed E-state index contributed by atoms with van der Waals surface area (Å²) >= 11 is 3.32. The minimum Gasteiger partial charge on any atom is -0.452 e. The van der Waals surface area contributed by atoms with Crippen LogP contribution in [-0.2, 0) is 14.3 Å². The molecule has 0 aliphatic rings. The quantitative estimate of drug-likeness (QED) is 0.503. The summed E-state index contributed by atoms with van der Waals surface area (Å²) in [7, 11) is 0. The Labute approximate surface area is 149 Å². The fraction of sp³-hybridized carbons (Fsp3) is 0.294. The predicted molar refractivity (Wildman–Crippen MR) is 91.2 cm³/mol. The average Bonchev–Trinajstić information content (AvgIpc) is 2.59. The summed E-state index contributed by atoms with van der Waals surface area (Å²) in [5, 5.41) is 17.2. The van der Waals surface area contributed by atoms with Crippen molar-refractivity contribution in [1.29, 1.82) is 10.5 Å². The van der Waals surface area contributed by atoms with E-state index in [2.05, 4.69) is 15.9 Å². The summed E-state index contributed by atoms with van der Waals surface area (Å²) < 4.78 is 5.83. The molecule has 0 atom stereocenters. The molecule has 124 valence electrons. The second-order valence-corrected chi connectivity index (χ2v) is 5.61. The molecule has 0 aliphatic heterocycles. The minimum absolute atomic E-state index is 0.161. The molecule has 1 aromatic rings. The standard InChI is InChI=1S/C17H16BrN3O3/c18-15-6-3-14(4-7-15)5-8-17(23)24-13-16(22)21(11-1-9-19)12-2-10-20/h3-8H,1-2,11-13H2/b8-5+. The molecule has 0 radical (unpaired) electrons. The zero-order chi connectivity index (χ0) is 17.8. The third-order valence-electron chi connectivity index (χ3n) is 2.96. The van der Waals surface area contributed by atoms with Gasteiger partial charge < -0.3 is 9.64 Å². The van der Waals surface area contributed by atoms with E-state index in [4.69, 9.17) is 15.3 Å². The Kier molecular flexibility index (Phi) is 8.88. The van der Waals surface area contributed by atoms with Crippen LogP contribution in [0.25, 0.3) is 6.08 Å². The molecular weight excluding hydrogens is 374 g/mol. The van der Waals surface area contributed by atoms with Gasteiger partial charge in [-0.25, -0.2) is 4.79 Å². The Bertz CT molecular complexity index is 654. The number of rotatable bonds is 8. The molecule has 1 amide bonds. The fourth-order valence-electron chi connectivity index (χ4n) is 1.74. The van der Waals surface area contributed by atoms with Gasteiger partial charge in [0.1, 0.15) is 0 Å². The lowest BCUT2D eigenvalue weighted by atomic mass is 10.2. The number of ether oxygens (including phenoxy) is 1. The van der Waals surface area contributed by atoms with E-state index in [1.807, 2.05) is 36.4 Å². The van der Waals surface area contributed by atoms with Crippen molar-refractivity contribution in [3.8, 4) is 12.1 Å². The van der Waals surface area contributed by atoms with E-state index in [0.717, 1.165) is 10.0 Å². The predicted octanol–water partition coefficient (Wildman–Crippen LogP) is 2.66. The molecule has 1 aromatic carbocycles. The van der Waals surface area contributed by atoms with Crippen molar-refractivity contribution in [2.75, 3.05) is 19.7 Å². The van der Waals surface area contributed by atoms with E-state index in [0.29, 0.717) is 0 Å². The van der Waals surface area contributed by atoms with Gasteiger partial charge in [0.25, 0.3) is 5.91 Å². The number of benzene rings is 1. The van der Waals surface area contributed by atoms with Crippen molar-refractivity contribution in [3.63, 3.8) is 0 Å². The molecule has 6 nitrogen and oxygen atoms in total. The highest BCUT2D eigenvalue weighted by Crippen LogP contribution is 2.11. The first-order chi connectivity index (χ1) is 11.6. The lowest BCUT2D eigenvalue weighted by molar-refractivity contribution is -0.148. The van der Waals surface area contributed by atoms with Crippen LogP contribution >= 0.6 is 15.9 Å². The highest BCUT2D eigenvalue weighted by molar-refractivity contribution is 9.10. The highest BCUT2D eigenvalue weighted by atomic mass is 79.9. The second kappa shape index (κ2) is 11.0. The van der Waals surface area contributed by atoms with Crippen molar-refractivity contribution in [2.45, 2.75) is 12.8 Å². The summed E-state index contributed by atoms with van der Waals surface area (Å²) in [5.41, 5.74) is 0.825. The van der Waals surface area contributed by atoms with E-state index < -0.39 is 18.5 Å². The summed E-state index contributed by atoms with van der Waals surface area (Å²) in [6.07, 6.45) is 3.15. The topological polar surface area (TPSA) is 94.2 Å². The Balaban J connectivity index is 2.48. The number of amides is 1. The number of hydrogen-bond donors (Lipinski definition) is 0. The molecular formula is C17H16BrN3O3. The summed E-state index contributed by atoms with van der Waals surface area (Å²) in [5.74, 6) is -1.06. The Hall–Kier alpha value is -2.64. The van der Waals surface area contributed by atoms with Gasteiger partial charge >= 0.3 is 5.97 Å². The van der Waals surface area contributed by atoms with Crippen molar-refractivity contribution < 1.29 is 14.3 Å². The number of hydrogen-bond acceptors (Lipinski definition) is 5. The van der Waals surface area contributed by atoms with Crippen molar-refractivity contribution in [1.82, 2.24) is 4.90 Å². The highest BCUT2D eigenvalue weighted by Gasteiger charge is 2.14. The van der Waals surface area contributed by atoms with Crippen LogP contribution in [-0.4, -0.2) is 36.5 Å². The fourth-order valence-corrected chi connectivity index (χ4v) is 2.01. The molecule has 7 heteroatoms. The molecule has 0 fully saturated rings. The summed E-state index contributed by atoms with van der Waals surface area (Å²) in [6, 6.07) is 11.2. The van der Waals surface area contributed by atoms with Crippen LogP contribution in [0.1, 0.15) is 18.4 Å². The average molecular weight is 390 g/mol. The maximum atomic E-state index is 12.0. The molecule has 0 unspecified atom stereocenters. The minimum atomic E-state index is -0.633. The summed E-state index contributed by atoms with van der Waals surface area (Å²) in [6.45, 7) is 0.00691. The first-order valence-electron chi connectivity index (χ1n) is 7.19. The smallest absolute Gasteiger partial charge is 0.331 e. The first-order valence-corrected chi connectivity index (χ1v) is 7.98. The summed E-state index contributed by atoms with van der Waals surface area (Å²) in [4.78, 5) is 25.0. The van der Waals surface area contributed by atoms with E-state index >= 15 is 0 Å². The largest absolute Gasteiger partial charge is 0.452 e. The van der Waals surface area contributed by atoms with Gasteiger partial charge in [0.2, 0.25) is 0 Å². The number of nitrogens with zero attached hydrogens (tertiary/aromatic N) is 3. The molecule has 0 saturated carbocycles. The molecule has 0 heterocycles. The molecule has 0 N–H and O–H groups in total. The van der Waals surface area contributed by atoms with Crippen LogP contribution in [0.15, 0.2) is 34.8 Å². The number of nitriles is 2. The first kappa shape index (κ1) is 19.4. The Morgan fingerprint density at radius 1 is 1.12 bits per heavy atom. The molecule has 0 aromatic heterocycles. The molecule has 0 bridgehead atoms. The molecule has 1 rings (SSSR count). The van der Waals surface area contributed by atoms with Gasteiger partial charge in [-0.05, 0) is 23.8 Å². The third kappa shape index (κ3) is 7.57. The van der Waals surface area contributed by atoms with Gasteiger partial charge in [-0.1, -0.05) is 28.1 Å². The monoisotopic (exact) mass is 389 g/mol. The Morgan fingerprint density at radius 2 is 1.71 bits per heavy atom. The van der Waals surface area contributed by atoms with Crippen molar-refractivity contribution >= 4 is 33.9 Å². The third-order valence-corrected chi connectivity index (χ3v) is 3.49. The Morgan fingerprint density at radius 3 is 2.25 bits per heavy atom. The lowest BCUT2D eigenvalue weighted by Crippen LogP contribution is -2.36. The zero-order valence-corrected chi connectivity index (χ0v) is 14.5. The van der Waals surface area contributed by atoms with E-state index in [9.17, 15) is 9.59 Å². The van der Waals surface area contributed by atoms with Crippen molar-refractivity contribution in [3.05, 3.63) is 40.4 Å². The van der Waals surface area contributed by atoms with Crippen LogP contribution in [0.5, 0.6) is 0 Å². The van der Waals surface area contributed by atoms with Gasteiger partial charge in [0.05, 0.1) is 25.0 Å². The van der Waals surface area contributed by atoms with E-state index in [1.54, 1.807) is 6.08 Å². The van der Waals surface area contributed by atoms with Crippen LogP contribution in [0, 0.1) is 22.7 Å². The van der Waals surface area contributed by atoms with Crippen LogP contribution in [0.3, 0.4) is 0 Å². The SMILES string of the molecule is N#CCCN(CCC#N)C(=O)COC(=O)/C=C/c1ccc(Br)cc1. The molecule has 0 saturated heterocycles. The normalized spacial score (nSPS) is 9.96. The maximum Gasteiger partial charge on any atom is 0.331 e.